The highest BCUT2D eigenvalue weighted by Gasteiger charge is 2.26. The fourth-order valence-corrected chi connectivity index (χ4v) is 2.15. The molecule has 0 atom stereocenters. The summed E-state index contributed by atoms with van der Waals surface area (Å²) in [6.07, 6.45) is -1.12. The van der Waals surface area contributed by atoms with Gasteiger partial charge in [-0.15, -0.1) is 0 Å². The van der Waals surface area contributed by atoms with Crippen molar-refractivity contribution in [2.45, 2.75) is 25.4 Å². The first-order valence-electron chi connectivity index (χ1n) is 6.59. The Morgan fingerprint density at radius 2 is 1.95 bits per heavy atom. The molecule has 4 nitrogen and oxygen atoms in total. The van der Waals surface area contributed by atoms with E-state index in [2.05, 4.69) is 22.6 Å². The Morgan fingerprint density at radius 3 is 2.53 bits per heavy atom. The normalized spacial score (nSPS) is 18.5. The Bertz CT molecular complexity index is 276. The Hall–Kier alpha value is -0.820. The molecule has 0 spiro atoms. The van der Waals surface area contributed by atoms with Crippen molar-refractivity contribution in [3.63, 3.8) is 0 Å². The van der Waals surface area contributed by atoms with Crippen molar-refractivity contribution < 1.29 is 18.0 Å². The van der Waals surface area contributed by atoms with Crippen LogP contribution in [0, 0.1) is 5.92 Å². The predicted octanol–water partition coefficient (Wildman–Crippen LogP) is 0.986. The second-order valence-electron chi connectivity index (χ2n) is 5.10. The SMILES string of the molecule is CN1CCC(CCNC(=O)CNCC(F)(F)F)CC1. The molecule has 0 aromatic carbocycles. The lowest BCUT2D eigenvalue weighted by Crippen LogP contribution is -2.39. The molecule has 1 saturated heterocycles. The number of carbonyl (C=O) groups excluding carboxylic acids is 1. The molecule has 2 N–H and O–H groups in total. The standard InChI is InChI=1S/C12H22F3N3O/c1-18-6-3-10(4-7-18)2-5-17-11(19)8-16-9-12(13,14)15/h10,16H,2-9H2,1H3,(H,17,19). The lowest BCUT2D eigenvalue weighted by atomic mass is 9.94. The predicted molar refractivity (Wildman–Crippen MR) is 66.8 cm³/mol. The van der Waals surface area contributed by atoms with Gasteiger partial charge in [0.15, 0.2) is 0 Å². The van der Waals surface area contributed by atoms with Gasteiger partial charge in [-0.3, -0.25) is 4.79 Å². The third-order valence-electron chi connectivity index (χ3n) is 3.32. The van der Waals surface area contributed by atoms with Crippen LogP contribution in [0.2, 0.25) is 0 Å². The lowest BCUT2D eigenvalue weighted by molar-refractivity contribution is -0.128. The maximum Gasteiger partial charge on any atom is 0.401 e. The van der Waals surface area contributed by atoms with E-state index in [4.69, 9.17) is 0 Å². The van der Waals surface area contributed by atoms with Crippen molar-refractivity contribution in [3.05, 3.63) is 0 Å². The molecule has 112 valence electrons. The molecule has 1 aliphatic rings. The summed E-state index contributed by atoms with van der Waals surface area (Å²) in [7, 11) is 2.09. The second kappa shape index (κ2) is 7.69. The highest BCUT2D eigenvalue weighted by atomic mass is 19.4. The number of hydrogen-bond acceptors (Lipinski definition) is 3. The van der Waals surface area contributed by atoms with E-state index in [9.17, 15) is 18.0 Å². The average molecular weight is 281 g/mol. The summed E-state index contributed by atoms with van der Waals surface area (Å²) in [5.41, 5.74) is 0. The van der Waals surface area contributed by atoms with E-state index in [0.717, 1.165) is 32.4 Å². The fraction of sp³-hybridized carbons (Fsp3) is 0.917. The molecule has 1 rings (SSSR count). The molecule has 0 radical (unpaired) electrons. The first-order valence-corrected chi connectivity index (χ1v) is 6.59. The van der Waals surface area contributed by atoms with Crippen molar-refractivity contribution in [2.75, 3.05) is 39.8 Å². The van der Waals surface area contributed by atoms with Crippen LogP contribution in [0.3, 0.4) is 0 Å². The van der Waals surface area contributed by atoms with Gasteiger partial charge in [0.25, 0.3) is 0 Å². The zero-order valence-electron chi connectivity index (χ0n) is 11.2. The molecule has 1 heterocycles. The summed E-state index contributed by atoms with van der Waals surface area (Å²) >= 11 is 0. The number of nitrogens with one attached hydrogen (secondary N) is 2. The van der Waals surface area contributed by atoms with Crippen LogP contribution in [-0.4, -0.2) is 56.8 Å². The Kier molecular flexibility index (Phi) is 6.57. The first kappa shape index (κ1) is 16.2. The van der Waals surface area contributed by atoms with Crippen LogP contribution >= 0.6 is 0 Å². The van der Waals surface area contributed by atoms with Crippen LogP contribution < -0.4 is 10.6 Å². The second-order valence-corrected chi connectivity index (χ2v) is 5.10. The van der Waals surface area contributed by atoms with Crippen molar-refractivity contribution in [1.82, 2.24) is 15.5 Å². The topological polar surface area (TPSA) is 44.4 Å². The van der Waals surface area contributed by atoms with Crippen LogP contribution in [0.1, 0.15) is 19.3 Å². The third-order valence-corrected chi connectivity index (χ3v) is 3.32. The number of piperidine rings is 1. The molecule has 1 aliphatic heterocycles. The summed E-state index contributed by atoms with van der Waals surface area (Å²) in [6, 6.07) is 0. The van der Waals surface area contributed by atoms with Crippen LogP contribution in [-0.2, 0) is 4.79 Å². The van der Waals surface area contributed by atoms with Gasteiger partial charge in [-0.1, -0.05) is 0 Å². The summed E-state index contributed by atoms with van der Waals surface area (Å²) < 4.78 is 35.5. The smallest absolute Gasteiger partial charge is 0.355 e. The molecule has 7 heteroatoms. The van der Waals surface area contributed by atoms with Crippen molar-refractivity contribution in [2.24, 2.45) is 5.92 Å². The van der Waals surface area contributed by atoms with E-state index < -0.39 is 12.7 Å². The van der Waals surface area contributed by atoms with E-state index in [1.165, 1.54) is 0 Å². The highest BCUT2D eigenvalue weighted by molar-refractivity contribution is 5.77. The minimum Gasteiger partial charge on any atom is -0.355 e. The van der Waals surface area contributed by atoms with Gasteiger partial charge in [0.1, 0.15) is 0 Å². The quantitative estimate of drug-likeness (QED) is 0.763. The number of halogens is 3. The van der Waals surface area contributed by atoms with E-state index in [1.54, 1.807) is 0 Å². The maximum atomic E-state index is 11.8. The van der Waals surface area contributed by atoms with Crippen LogP contribution in [0.4, 0.5) is 13.2 Å². The van der Waals surface area contributed by atoms with Gasteiger partial charge in [0.2, 0.25) is 5.91 Å². The molecule has 0 bridgehead atoms. The third kappa shape index (κ3) is 8.05. The molecule has 1 amide bonds. The van der Waals surface area contributed by atoms with Gasteiger partial charge in [0.05, 0.1) is 13.1 Å². The van der Waals surface area contributed by atoms with Gasteiger partial charge in [-0.25, -0.2) is 0 Å². The first-order chi connectivity index (χ1) is 8.87. The summed E-state index contributed by atoms with van der Waals surface area (Å²) in [4.78, 5) is 13.5. The zero-order chi connectivity index (χ0) is 14.3. The minimum absolute atomic E-state index is 0.285. The average Bonchev–Trinajstić information content (AvgIpc) is 2.30. The number of hydrogen-bond donors (Lipinski definition) is 2. The fourth-order valence-electron chi connectivity index (χ4n) is 2.15. The van der Waals surface area contributed by atoms with Crippen LogP contribution in [0.15, 0.2) is 0 Å². The molecular formula is C12H22F3N3O. The van der Waals surface area contributed by atoms with Crippen molar-refractivity contribution in [1.29, 1.82) is 0 Å². The number of carbonyl (C=O) groups is 1. The highest BCUT2D eigenvalue weighted by Crippen LogP contribution is 2.18. The van der Waals surface area contributed by atoms with E-state index in [-0.39, 0.29) is 12.5 Å². The van der Waals surface area contributed by atoms with Crippen molar-refractivity contribution >= 4 is 5.91 Å². The Morgan fingerprint density at radius 1 is 1.32 bits per heavy atom. The summed E-state index contributed by atoms with van der Waals surface area (Å²) in [5.74, 6) is 0.233. The summed E-state index contributed by atoms with van der Waals surface area (Å²) in [6.45, 7) is 1.28. The van der Waals surface area contributed by atoms with Crippen LogP contribution in [0.5, 0.6) is 0 Å². The zero-order valence-corrected chi connectivity index (χ0v) is 11.2. The molecule has 1 fully saturated rings. The molecule has 0 unspecified atom stereocenters. The van der Waals surface area contributed by atoms with E-state index >= 15 is 0 Å². The maximum absolute atomic E-state index is 11.8. The molecule has 0 aromatic heterocycles. The monoisotopic (exact) mass is 281 g/mol. The van der Waals surface area contributed by atoms with Gasteiger partial charge < -0.3 is 15.5 Å². The van der Waals surface area contributed by atoms with Gasteiger partial charge in [-0.05, 0) is 45.3 Å². The van der Waals surface area contributed by atoms with E-state index in [1.807, 2.05) is 0 Å². The Balaban J connectivity index is 2.01. The molecule has 19 heavy (non-hydrogen) atoms. The number of nitrogens with zero attached hydrogens (tertiary/aromatic N) is 1. The lowest BCUT2D eigenvalue weighted by Gasteiger charge is -2.28. The largest absolute Gasteiger partial charge is 0.401 e. The number of likely N-dealkylation sites (tertiary alicyclic amines) is 1. The molecule has 0 aromatic rings. The van der Waals surface area contributed by atoms with Gasteiger partial charge >= 0.3 is 6.18 Å². The van der Waals surface area contributed by atoms with Crippen molar-refractivity contribution in [3.8, 4) is 0 Å². The van der Waals surface area contributed by atoms with Crippen LogP contribution in [0.25, 0.3) is 0 Å². The molecule has 0 saturated carbocycles. The van der Waals surface area contributed by atoms with Gasteiger partial charge in [-0.2, -0.15) is 13.2 Å². The molecular weight excluding hydrogens is 259 g/mol. The number of rotatable bonds is 6. The Labute approximate surface area is 111 Å². The van der Waals surface area contributed by atoms with Gasteiger partial charge in [0, 0.05) is 6.54 Å². The summed E-state index contributed by atoms with van der Waals surface area (Å²) in [5, 5.41) is 4.72. The van der Waals surface area contributed by atoms with E-state index in [0.29, 0.717) is 12.5 Å². The number of alkyl halides is 3. The molecule has 0 aliphatic carbocycles. The number of amides is 1. The minimum atomic E-state index is -4.27.